The number of nitro groups is 1. The molecule has 1 aliphatic heterocycles. The molecule has 1 fully saturated rings. The van der Waals surface area contributed by atoms with Crippen LogP contribution in [0.2, 0.25) is 0 Å². The van der Waals surface area contributed by atoms with Crippen LogP contribution in [0.3, 0.4) is 0 Å². The Bertz CT molecular complexity index is 758. The summed E-state index contributed by atoms with van der Waals surface area (Å²) < 4.78 is 38.6. The van der Waals surface area contributed by atoms with E-state index in [0.29, 0.717) is 24.8 Å². The van der Waals surface area contributed by atoms with E-state index in [0.717, 1.165) is 19.2 Å². The maximum absolute atomic E-state index is 12.9. The number of hydrogen-bond donors (Lipinski definition) is 1. The number of hydrogen-bond acceptors (Lipinski definition) is 5. The predicted molar refractivity (Wildman–Crippen MR) is 78.5 cm³/mol. The molecule has 0 unspecified atom stereocenters. The third-order valence-corrected chi connectivity index (χ3v) is 3.77. The summed E-state index contributed by atoms with van der Waals surface area (Å²) in [5.74, 6) is 0. The Kier molecular flexibility index (Phi) is 3.80. The maximum Gasteiger partial charge on any atom is 0.416 e. The molecule has 9 heteroatoms. The van der Waals surface area contributed by atoms with Crippen LogP contribution in [0.1, 0.15) is 5.56 Å². The standard InChI is InChI=1S/C14H13F3N4O2/c15-14(16,17)9-5-12-11(13(6-9)21(22)23)7-10(8-19-12)20-3-1-18-2-4-20/h5-8,18H,1-4H2. The molecule has 1 saturated heterocycles. The van der Waals surface area contributed by atoms with E-state index in [1.54, 1.807) is 0 Å². The summed E-state index contributed by atoms with van der Waals surface area (Å²) in [6.45, 7) is 2.96. The van der Waals surface area contributed by atoms with Crippen LogP contribution in [0.15, 0.2) is 24.4 Å². The van der Waals surface area contributed by atoms with E-state index in [4.69, 9.17) is 0 Å². The van der Waals surface area contributed by atoms with Gasteiger partial charge in [-0.25, -0.2) is 0 Å². The molecular formula is C14H13F3N4O2. The molecular weight excluding hydrogens is 313 g/mol. The van der Waals surface area contributed by atoms with Gasteiger partial charge in [0.05, 0.1) is 33.3 Å². The molecule has 1 aromatic heterocycles. The number of alkyl halides is 3. The van der Waals surface area contributed by atoms with Crippen LogP contribution in [-0.4, -0.2) is 36.1 Å². The monoisotopic (exact) mass is 326 g/mol. The Morgan fingerprint density at radius 1 is 1.22 bits per heavy atom. The molecule has 0 bridgehead atoms. The maximum atomic E-state index is 12.9. The molecule has 0 atom stereocenters. The van der Waals surface area contributed by atoms with Crippen molar-refractivity contribution < 1.29 is 18.1 Å². The van der Waals surface area contributed by atoms with Crippen LogP contribution >= 0.6 is 0 Å². The normalized spacial score (nSPS) is 15.9. The molecule has 2 heterocycles. The molecule has 2 aromatic rings. The quantitative estimate of drug-likeness (QED) is 0.678. The first-order chi connectivity index (χ1) is 10.9. The van der Waals surface area contributed by atoms with Crippen LogP contribution in [0, 0.1) is 10.1 Å². The average Bonchev–Trinajstić information content (AvgIpc) is 2.53. The highest BCUT2D eigenvalue weighted by atomic mass is 19.4. The number of halogens is 3. The van der Waals surface area contributed by atoms with Gasteiger partial charge < -0.3 is 10.2 Å². The van der Waals surface area contributed by atoms with Gasteiger partial charge in [-0.2, -0.15) is 13.2 Å². The van der Waals surface area contributed by atoms with E-state index in [1.165, 1.54) is 12.3 Å². The van der Waals surface area contributed by atoms with E-state index in [2.05, 4.69) is 10.3 Å². The van der Waals surface area contributed by atoms with Crippen molar-refractivity contribution in [2.75, 3.05) is 31.1 Å². The van der Waals surface area contributed by atoms with Crippen LogP contribution in [0.4, 0.5) is 24.5 Å². The molecule has 0 amide bonds. The summed E-state index contributed by atoms with van der Waals surface area (Å²) in [6, 6.07) is 2.93. The smallest absolute Gasteiger partial charge is 0.368 e. The van der Waals surface area contributed by atoms with E-state index < -0.39 is 22.4 Å². The molecule has 0 spiro atoms. The van der Waals surface area contributed by atoms with Gasteiger partial charge in [0.2, 0.25) is 0 Å². The van der Waals surface area contributed by atoms with E-state index in [1.807, 2.05) is 4.90 Å². The summed E-state index contributed by atoms with van der Waals surface area (Å²) >= 11 is 0. The summed E-state index contributed by atoms with van der Waals surface area (Å²) in [5.41, 5.74) is -1.02. The van der Waals surface area contributed by atoms with Gasteiger partial charge in [0.1, 0.15) is 0 Å². The number of pyridine rings is 1. The first-order valence-electron chi connectivity index (χ1n) is 6.97. The Labute approximate surface area is 129 Å². The van der Waals surface area contributed by atoms with Gasteiger partial charge in [-0.05, 0) is 12.1 Å². The minimum absolute atomic E-state index is 0.0367. The lowest BCUT2D eigenvalue weighted by Gasteiger charge is -2.29. The fourth-order valence-electron chi connectivity index (χ4n) is 2.61. The van der Waals surface area contributed by atoms with Gasteiger partial charge in [0, 0.05) is 32.2 Å². The number of benzene rings is 1. The van der Waals surface area contributed by atoms with Crippen molar-refractivity contribution in [2.45, 2.75) is 6.18 Å². The van der Waals surface area contributed by atoms with Crippen molar-refractivity contribution in [3.63, 3.8) is 0 Å². The lowest BCUT2D eigenvalue weighted by Crippen LogP contribution is -2.43. The lowest BCUT2D eigenvalue weighted by molar-refractivity contribution is -0.383. The van der Waals surface area contributed by atoms with Crippen molar-refractivity contribution in [3.8, 4) is 0 Å². The summed E-state index contributed by atoms with van der Waals surface area (Å²) in [4.78, 5) is 16.4. The second-order valence-corrected chi connectivity index (χ2v) is 5.25. The van der Waals surface area contributed by atoms with Crippen LogP contribution < -0.4 is 10.2 Å². The highest BCUT2D eigenvalue weighted by Crippen LogP contribution is 2.36. The molecule has 23 heavy (non-hydrogen) atoms. The van der Waals surface area contributed by atoms with Crippen molar-refractivity contribution in [2.24, 2.45) is 0 Å². The number of piperazine rings is 1. The number of nitro benzene ring substituents is 1. The molecule has 0 radical (unpaired) electrons. The first-order valence-corrected chi connectivity index (χ1v) is 6.97. The first kappa shape index (κ1) is 15.5. The Hall–Kier alpha value is -2.42. The van der Waals surface area contributed by atoms with Gasteiger partial charge in [0.15, 0.2) is 0 Å². The van der Waals surface area contributed by atoms with Crippen molar-refractivity contribution in [1.29, 1.82) is 0 Å². The minimum atomic E-state index is -4.65. The fraction of sp³-hybridized carbons (Fsp3) is 0.357. The molecule has 6 nitrogen and oxygen atoms in total. The summed E-state index contributed by atoms with van der Waals surface area (Å²) in [7, 11) is 0. The number of fused-ring (bicyclic) bond motifs is 1. The van der Waals surface area contributed by atoms with E-state index in [9.17, 15) is 23.3 Å². The number of non-ortho nitro benzene ring substituents is 1. The van der Waals surface area contributed by atoms with Gasteiger partial charge >= 0.3 is 6.18 Å². The molecule has 1 N–H and O–H groups in total. The number of nitrogens with one attached hydrogen (secondary N) is 1. The molecule has 122 valence electrons. The van der Waals surface area contributed by atoms with Gasteiger partial charge in [-0.1, -0.05) is 0 Å². The zero-order valence-corrected chi connectivity index (χ0v) is 11.9. The zero-order valence-electron chi connectivity index (χ0n) is 11.9. The Balaban J connectivity index is 2.14. The molecule has 1 aliphatic rings. The predicted octanol–water partition coefficient (Wildman–Crippen LogP) is 2.57. The third-order valence-electron chi connectivity index (χ3n) is 3.77. The highest BCUT2D eigenvalue weighted by Gasteiger charge is 2.33. The average molecular weight is 326 g/mol. The Morgan fingerprint density at radius 2 is 1.91 bits per heavy atom. The van der Waals surface area contributed by atoms with Gasteiger partial charge in [0.25, 0.3) is 5.69 Å². The largest absolute Gasteiger partial charge is 0.416 e. The van der Waals surface area contributed by atoms with Crippen LogP contribution in [0.5, 0.6) is 0 Å². The molecule has 0 saturated carbocycles. The zero-order chi connectivity index (χ0) is 16.6. The number of rotatable bonds is 2. The molecule has 3 rings (SSSR count). The highest BCUT2D eigenvalue weighted by molar-refractivity contribution is 5.91. The van der Waals surface area contributed by atoms with Gasteiger partial charge in [-0.3, -0.25) is 15.1 Å². The molecule has 1 aromatic carbocycles. The van der Waals surface area contributed by atoms with Crippen LogP contribution in [-0.2, 0) is 6.18 Å². The van der Waals surface area contributed by atoms with E-state index in [-0.39, 0.29) is 10.9 Å². The SMILES string of the molecule is O=[N+]([O-])c1cc(C(F)(F)F)cc2ncc(N3CCNCC3)cc12. The van der Waals surface area contributed by atoms with Crippen LogP contribution in [0.25, 0.3) is 10.9 Å². The Morgan fingerprint density at radius 3 is 2.52 bits per heavy atom. The minimum Gasteiger partial charge on any atom is -0.368 e. The van der Waals surface area contributed by atoms with E-state index >= 15 is 0 Å². The lowest BCUT2D eigenvalue weighted by atomic mass is 10.1. The second kappa shape index (κ2) is 5.65. The van der Waals surface area contributed by atoms with Gasteiger partial charge in [-0.15, -0.1) is 0 Å². The fourth-order valence-corrected chi connectivity index (χ4v) is 2.61. The number of aromatic nitrogens is 1. The second-order valence-electron chi connectivity index (χ2n) is 5.25. The van der Waals surface area contributed by atoms with Crippen molar-refractivity contribution in [3.05, 3.63) is 40.1 Å². The summed E-state index contributed by atoms with van der Waals surface area (Å²) in [6.07, 6.45) is -3.20. The number of anilines is 1. The topological polar surface area (TPSA) is 71.3 Å². The summed E-state index contributed by atoms with van der Waals surface area (Å²) in [5, 5.41) is 14.5. The molecule has 0 aliphatic carbocycles. The number of nitrogens with zero attached hydrogens (tertiary/aromatic N) is 3. The van der Waals surface area contributed by atoms with Crippen molar-refractivity contribution in [1.82, 2.24) is 10.3 Å². The third kappa shape index (κ3) is 3.04. The van der Waals surface area contributed by atoms with Crippen molar-refractivity contribution >= 4 is 22.3 Å².